The fourth-order valence-electron chi connectivity index (χ4n) is 6.41. The van der Waals surface area contributed by atoms with Crippen LogP contribution in [0.15, 0.2) is 35.9 Å². The Balaban J connectivity index is 1.23. The van der Waals surface area contributed by atoms with Gasteiger partial charge in [0, 0.05) is 25.7 Å². The molecule has 2 amide bonds. The molecular formula is C25H35N3O2. The fourth-order valence-corrected chi connectivity index (χ4v) is 6.41. The van der Waals surface area contributed by atoms with Gasteiger partial charge in [-0.2, -0.15) is 0 Å². The van der Waals surface area contributed by atoms with Crippen LogP contribution in [-0.4, -0.2) is 61.2 Å². The van der Waals surface area contributed by atoms with Crippen LogP contribution in [0.3, 0.4) is 0 Å². The molecule has 0 saturated carbocycles. The van der Waals surface area contributed by atoms with Crippen molar-refractivity contribution in [2.45, 2.75) is 57.0 Å². The third kappa shape index (κ3) is 3.84. The molecule has 1 aromatic carbocycles. The van der Waals surface area contributed by atoms with Gasteiger partial charge in [-0.05, 0) is 74.6 Å². The van der Waals surface area contributed by atoms with Gasteiger partial charge in [0.05, 0.1) is 13.2 Å². The Morgan fingerprint density at radius 1 is 1.17 bits per heavy atom. The van der Waals surface area contributed by atoms with Crippen molar-refractivity contribution in [1.29, 1.82) is 0 Å². The first-order valence-corrected chi connectivity index (χ1v) is 11.8. The highest BCUT2D eigenvalue weighted by Gasteiger charge is 2.46. The maximum atomic E-state index is 13.1. The largest absolute Gasteiger partial charge is 0.497 e. The van der Waals surface area contributed by atoms with Crippen LogP contribution in [0.2, 0.25) is 0 Å². The number of nitrogens with zero attached hydrogens (tertiary/aromatic N) is 2. The molecule has 0 unspecified atom stereocenters. The summed E-state index contributed by atoms with van der Waals surface area (Å²) in [6, 6.07) is 9.31. The van der Waals surface area contributed by atoms with E-state index in [2.05, 4.69) is 33.3 Å². The zero-order chi connectivity index (χ0) is 20.5. The van der Waals surface area contributed by atoms with Crippen LogP contribution in [0, 0.1) is 11.8 Å². The zero-order valence-corrected chi connectivity index (χ0v) is 18.2. The number of hydrogen-bond acceptors (Lipinski definition) is 3. The van der Waals surface area contributed by atoms with Crippen LogP contribution in [0.5, 0.6) is 5.75 Å². The molecule has 5 rings (SSSR count). The summed E-state index contributed by atoms with van der Waals surface area (Å²) >= 11 is 0. The van der Waals surface area contributed by atoms with Gasteiger partial charge in [0.2, 0.25) is 0 Å². The first kappa shape index (κ1) is 19.9. The molecular weight excluding hydrogens is 374 g/mol. The Hall–Kier alpha value is -2.01. The molecule has 5 heteroatoms. The number of amides is 2. The number of hydrogen-bond donors (Lipinski definition) is 1. The van der Waals surface area contributed by atoms with E-state index in [9.17, 15) is 4.79 Å². The van der Waals surface area contributed by atoms with Crippen molar-refractivity contribution in [3.05, 3.63) is 41.5 Å². The Morgan fingerprint density at radius 3 is 2.87 bits per heavy atom. The molecule has 3 aliphatic heterocycles. The van der Waals surface area contributed by atoms with Crippen molar-refractivity contribution in [3.8, 4) is 5.75 Å². The number of rotatable bonds is 4. The molecule has 3 saturated heterocycles. The summed E-state index contributed by atoms with van der Waals surface area (Å²) in [5, 5.41) is 3.21. The predicted molar refractivity (Wildman–Crippen MR) is 119 cm³/mol. The van der Waals surface area contributed by atoms with E-state index in [4.69, 9.17) is 4.74 Å². The molecule has 0 aromatic heterocycles. The minimum Gasteiger partial charge on any atom is -0.497 e. The van der Waals surface area contributed by atoms with E-state index in [1.807, 2.05) is 12.1 Å². The van der Waals surface area contributed by atoms with E-state index >= 15 is 0 Å². The molecule has 4 atom stereocenters. The molecule has 1 aromatic rings. The lowest BCUT2D eigenvalue weighted by Gasteiger charge is -2.54. The number of likely N-dealkylation sites (tertiary alicyclic amines) is 1. The van der Waals surface area contributed by atoms with Gasteiger partial charge in [-0.1, -0.05) is 30.2 Å². The van der Waals surface area contributed by atoms with Gasteiger partial charge >= 0.3 is 6.03 Å². The zero-order valence-electron chi connectivity index (χ0n) is 18.2. The lowest BCUT2D eigenvalue weighted by atomic mass is 9.68. The van der Waals surface area contributed by atoms with Crippen molar-refractivity contribution < 1.29 is 9.53 Å². The van der Waals surface area contributed by atoms with Gasteiger partial charge in [0.15, 0.2) is 0 Å². The summed E-state index contributed by atoms with van der Waals surface area (Å²) in [6.45, 7) is 4.00. The van der Waals surface area contributed by atoms with E-state index in [1.54, 1.807) is 12.7 Å². The summed E-state index contributed by atoms with van der Waals surface area (Å²) in [7, 11) is 1.68. The highest BCUT2D eigenvalue weighted by Crippen LogP contribution is 2.44. The maximum Gasteiger partial charge on any atom is 0.317 e. The summed E-state index contributed by atoms with van der Waals surface area (Å²) in [5.74, 6) is 2.19. The highest BCUT2D eigenvalue weighted by atomic mass is 16.5. The smallest absolute Gasteiger partial charge is 0.317 e. The Morgan fingerprint density at radius 2 is 2.03 bits per heavy atom. The summed E-state index contributed by atoms with van der Waals surface area (Å²) in [6.07, 6.45) is 11.1. The van der Waals surface area contributed by atoms with E-state index in [0.29, 0.717) is 24.4 Å². The molecule has 0 radical (unpaired) electrons. The molecule has 3 heterocycles. The van der Waals surface area contributed by atoms with Crippen LogP contribution in [-0.2, 0) is 6.42 Å². The second kappa shape index (κ2) is 8.62. The van der Waals surface area contributed by atoms with Crippen LogP contribution >= 0.6 is 0 Å². The Bertz CT molecular complexity index is 790. The number of urea groups is 1. The summed E-state index contributed by atoms with van der Waals surface area (Å²) in [5.41, 5.74) is 2.78. The molecule has 2 bridgehead atoms. The summed E-state index contributed by atoms with van der Waals surface area (Å²) in [4.78, 5) is 18.0. The quantitative estimate of drug-likeness (QED) is 0.769. The number of ether oxygens (including phenoxy) is 1. The third-order valence-electron chi connectivity index (χ3n) is 7.77. The number of benzene rings is 1. The number of fused-ring (bicyclic) bond motifs is 6. The molecule has 1 N–H and O–H groups in total. The van der Waals surface area contributed by atoms with Crippen molar-refractivity contribution in [2.24, 2.45) is 11.8 Å². The van der Waals surface area contributed by atoms with Gasteiger partial charge in [-0.15, -0.1) is 0 Å². The van der Waals surface area contributed by atoms with Crippen molar-refractivity contribution in [1.82, 2.24) is 15.1 Å². The minimum absolute atomic E-state index is 0.123. The lowest BCUT2D eigenvalue weighted by Crippen LogP contribution is -2.61. The minimum atomic E-state index is 0.123. The maximum absolute atomic E-state index is 13.1. The van der Waals surface area contributed by atoms with Gasteiger partial charge in [0.25, 0.3) is 0 Å². The number of carbonyl (C=O) groups excluding carboxylic acids is 1. The second-order valence-electron chi connectivity index (χ2n) is 9.53. The summed E-state index contributed by atoms with van der Waals surface area (Å²) < 4.78 is 5.22. The topological polar surface area (TPSA) is 44.8 Å². The highest BCUT2D eigenvalue weighted by molar-refractivity contribution is 5.75. The first-order chi connectivity index (χ1) is 14.7. The number of nitrogens with one attached hydrogen (secondary N) is 1. The van der Waals surface area contributed by atoms with E-state index in [1.165, 1.54) is 50.8 Å². The van der Waals surface area contributed by atoms with Gasteiger partial charge in [0.1, 0.15) is 5.75 Å². The Labute approximate surface area is 180 Å². The second-order valence-corrected chi connectivity index (χ2v) is 9.53. The van der Waals surface area contributed by atoms with Crippen LogP contribution in [0.4, 0.5) is 4.79 Å². The molecule has 30 heavy (non-hydrogen) atoms. The normalized spacial score (nSPS) is 30.7. The number of methoxy groups -OCH3 is 1. The molecule has 3 fully saturated rings. The van der Waals surface area contributed by atoms with Crippen LogP contribution in [0.1, 0.15) is 44.1 Å². The predicted octanol–water partition coefficient (Wildman–Crippen LogP) is 3.84. The Kier molecular flexibility index (Phi) is 5.72. The monoisotopic (exact) mass is 409 g/mol. The third-order valence-corrected chi connectivity index (χ3v) is 7.77. The van der Waals surface area contributed by atoms with Gasteiger partial charge < -0.3 is 15.0 Å². The van der Waals surface area contributed by atoms with Gasteiger partial charge in [-0.25, -0.2) is 4.79 Å². The van der Waals surface area contributed by atoms with Crippen molar-refractivity contribution >= 4 is 6.03 Å². The average molecular weight is 410 g/mol. The molecule has 4 aliphatic rings. The fraction of sp³-hybridized carbons (Fsp3) is 0.640. The molecule has 1 aliphatic carbocycles. The van der Waals surface area contributed by atoms with Crippen LogP contribution < -0.4 is 10.1 Å². The molecule has 5 nitrogen and oxygen atoms in total. The average Bonchev–Trinajstić information content (AvgIpc) is 2.79. The van der Waals surface area contributed by atoms with E-state index in [0.717, 1.165) is 31.2 Å². The number of carbonyl (C=O) groups is 1. The van der Waals surface area contributed by atoms with E-state index < -0.39 is 0 Å². The number of piperidine rings is 3. The van der Waals surface area contributed by atoms with Gasteiger partial charge in [-0.3, -0.25) is 4.90 Å². The van der Waals surface area contributed by atoms with Crippen molar-refractivity contribution in [2.75, 3.05) is 33.3 Å². The van der Waals surface area contributed by atoms with E-state index in [-0.39, 0.29) is 6.03 Å². The van der Waals surface area contributed by atoms with Crippen molar-refractivity contribution in [3.63, 3.8) is 0 Å². The molecule has 0 spiro atoms. The van der Waals surface area contributed by atoms with Crippen LogP contribution in [0.25, 0.3) is 0 Å². The standard InChI is InChI=1S/C25H35N3O2/c1-30-22-9-7-18(8-10-22)11-12-26-25(29)28-14-4-5-19-15-20-16-21(24(19)28)17-27-13-3-2-6-23(20)27/h7-10,15,20-21,23-24H,2-6,11-14,16-17H2,1H3,(H,26,29)/t20-,21+,23-,24-/m1/s1. The lowest BCUT2D eigenvalue weighted by molar-refractivity contribution is 0.00793. The SMILES string of the molecule is COc1ccc(CCNC(=O)N2CCCC3=C[C@@H]4C[C@@H](CN5CCCC[C@H]45)[C@@H]32)cc1. The first-order valence-electron chi connectivity index (χ1n) is 11.8. The molecule has 162 valence electrons.